The summed E-state index contributed by atoms with van der Waals surface area (Å²) in [6, 6.07) is 4.12. The minimum absolute atomic E-state index is 0. The Bertz CT molecular complexity index is 574. The largest absolute Gasteiger partial charge is 0.379 e. The third-order valence-electron chi connectivity index (χ3n) is 4.23. The van der Waals surface area contributed by atoms with Crippen LogP contribution in [0.2, 0.25) is 0 Å². The first-order valence-electron chi connectivity index (χ1n) is 8.23. The molecule has 1 heterocycles. The summed E-state index contributed by atoms with van der Waals surface area (Å²) < 4.78 is 32.3. The molecule has 0 radical (unpaired) electrons. The first-order chi connectivity index (χ1) is 11.5. The number of benzene rings is 1. The third-order valence-corrected chi connectivity index (χ3v) is 4.23. The molecule has 1 aliphatic heterocycles. The number of halogens is 3. The van der Waals surface area contributed by atoms with Crippen molar-refractivity contribution in [1.29, 1.82) is 0 Å². The van der Waals surface area contributed by atoms with E-state index in [4.69, 9.17) is 4.74 Å². The van der Waals surface area contributed by atoms with Crippen molar-refractivity contribution in [1.82, 2.24) is 15.5 Å². The fourth-order valence-corrected chi connectivity index (χ4v) is 2.83. The van der Waals surface area contributed by atoms with E-state index >= 15 is 0 Å². The molecule has 5 nitrogen and oxygen atoms in total. The van der Waals surface area contributed by atoms with Crippen molar-refractivity contribution in [2.45, 2.75) is 32.5 Å². The van der Waals surface area contributed by atoms with E-state index in [-0.39, 0.29) is 36.1 Å². The Labute approximate surface area is 165 Å². The van der Waals surface area contributed by atoms with Crippen molar-refractivity contribution in [3.05, 3.63) is 35.4 Å². The summed E-state index contributed by atoms with van der Waals surface area (Å²) in [4.78, 5) is 6.51. The standard InChI is InChI=1S/C17H26F2N4O.HI/c1-12(23-6-7-24-11-13(23)2)9-21-17(20-3)22-10-14-8-15(18)4-5-16(14)19;/h4-5,8,12-13H,6-7,9-11H2,1-3H3,(H2,20,21,22);1H. The van der Waals surface area contributed by atoms with Crippen LogP contribution in [0.4, 0.5) is 8.78 Å². The van der Waals surface area contributed by atoms with Crippen LogP contribution in [0.1, 0.15) is 19.4 Å². The first kappa shape index (κ1) is 22.0. The van der Waals surface area contributed by atoms with Gasteiger partial charge in [0.05, 0.1) is 13.2 Å². The Morgan fingerprint density at radius 3 is 2.84 bits per heavy atom. The Kier molecular flexibility index (Phi) is 9.58. The van der Waals surface area contributed by atoms with E-state index < -0.39 is 11.6 Å². The Morgan fingerprint density at radius 1 is 1.40 bits per heavy atom. The van der Waals surface area contributed by atoms with Crippen LogP contribution < -0.4 is 10.6 Å². The lowest BCUT2D eigenvalue weighted by molar-refractivity contribution is -0.0174. The van der Waals surface area contributed by atoms with E-state index in [0.717, 1.165) is 31.9 Å². The fourth-order valence-electron chi connectivity index (χ4n) is 2.83. The SMILES string of the molecule is CN=C(NCc1cc(F)ccc1F)NCC(C)N1CCOCC1C.I. The topological polar surface area (TPSA) is 48.9 Å². The molecule has 2 unspecified atom stereocenters. The van der Waals surface area contributed by atoms with Gasteiger partial charge in [0, 0.05) is 44.3 Å². The molecule has 1 saturated heterocycles. The lowest BCUT2D eigenvalue weighted by Gasteiger charge is -2.38. The maximum atomic E-state index is 13.6. The summed E-state index contributed by atoms with van der Waals surface area (Å²) >= 11 is 0. The van der Waals surface area contributed by atoms with Gasteiger partial charge in [-0.2, -0.15) is 0 Å². The molecule has 0 amide bonds. The van der Waals surface area contributed by atoms with Gasteiger partial charge in [-0.1, -0.05) is 0 Å². The van der Waals surface area contributed by atoms with Crippen LogP contribution in [-0.4, -0.2) is 56.3 Å². The summed E-state index contributed by atoms with van der Waals surface area (Å²) in [5.41, 5.74) is 0.271. The summed E-state index contributed by atoms with van der Waals surface area (Å²) in [5.74, 6) is -0.327. The maximum Gasteiger partial charge on any atom is 0.191 e. The van der Waals surface area contributed by atoms with E-state index in [0.29, 0.717) is 24.6 Å². The van der Waals surface area contributed by atoms with Crippen molar-refractivity contribution in [2.75, 3.05) is 33.4 Å². The molecule has 0 spiro atoms. The number of nitrogens with one attached hydrogen (secondary N) is 2. The van der Waals surface area contributed by atoms with Crippen LogP contribution in [-0.2, 0) is 11.3 Å². The normalized spacial score (nSPS) is 19.9. The van der Waals surface area contributed by atoms with Crippen LogP contribution in [0.25, 0.3) is 0 Å². The molecule has 0 bridgehead atoms. The van der Waals surface area contributed by atoms with Crippen LogP contribution in [0.3, 0.4) is 0 Å². The van der Waals surface area contributed by atoms with Crippen molar-refractivity contribution >= 4 is 29.9 Å². The monoisotopic (exact) mass is 468 g/mol. The average molecular weight is 468 g/mol. The van der Waals surface area contributed by atoms with Gasteiger partial charge in [0.15, 0.2) is 5.96 Å². The predicted octanol–water partition coefficient (Wildman–Crippen LogP) is 2.36. The summed E-state index contributed by atoms with van der Waals surface area (Å²) in [6.07, 6.45) is 0. The number of ether oxygens (including phenoxy) is 1. The summed E-state index contributed by atoms with van der Waals surface area (Å²) in [6.45, 7) is 7.58. The number of hydrogen-bond donors (Lipinski definition) is 2. The third kappa shape index (κ3) is 6.67. The minimum Gasteiger partial charge on any atom is -0.379 e. The number of aliphatic imine (C=N–C) groups is 1. The van der Waals surface area contributed by atoms with Crippen LogP contribution in [0.15, 0.2) is 23.2 Å². The predicted molar refractivity (Wildman–Crippen MR) is 106 cm³/mol. The molecule has 2 atom stereocenters. The van der Waals surface area contributed by atoms with Crippen LogP contribution in [0, 0.1) is 11.6 Å². The van der Waals surface area contributed by atoms with Gasteiger partial charge in [0.2, 0.25) is 0 Å². The van der Waals surface area contributed by atoms with Gasteiger partial charge in [-0.3, -0.25) is 9.89 Å². The van der Waals surface area contributed by atoms with Gasteiger partial charge in [-0.15, -0.1) is 24.0 Å². The Hall–Kier alpha value is -1.00. The smallest absolute Gasteiger partial charge is 0.191 e. The average Bonchev–Trinajstić information content (AvgIpc) is 2.58. The van der Waals surface area contributed by atoms with Crippen molar-refractivity contribution in [2.24, 2.45) is 4.99 Å². The zero-order chi connectivity index (χ0) is 17.5. The Balaban J connectivity index is 0.00000312. The summed E-state index contributed by atoms with van der Waals surface area (Å²) in [5, 5.41) is 6.24. The van der Waals surface area contributed by atoms with Gasteiger partial charge in [0.25, 0.3) is 0 Å². The van der Waals surface area contributed by atoms with Crippen molar-refractivity contribution in [3.63, 3.8) is 0 Å². The molecule has 1 fully saturated rings. The van der Waals surface area contributed by atoms with E-state index in [9.17, 15) is 8.78 Å². The second-order valence-electron chi connectivity index (χ2n) is 6.05. The fraction of sp³-hybridized carbons (Fsp3) is 0.588. The molecule has 0 aliphatic carbocycles. The molecule has 2 N–H and O–H groups in total. The molecule has 1 aromatic rings. The molecular weight excluding hydrogens is 441 g/mol. The van der Waals surface area contributed by atoms with E-state index in [1.54, 1.807) is 7.05 Å². The second kappa shape index (κ2) is 10.9. The lowest BCUT2D eigenvalue weighted by atomic mass is 10.2. The number of guanidine groups is 1. The van der Waals surface area contributed by atoms with Gasteiger partial charge in [-0.25, -0.2) is 8.78 Å². The molecule has 1 aliphatic rings. The van der Waals surface area contributed by atoms with E-state index in [2.05, 4.69) is 34.4 Å². The zero-order valence-electron chi connectivity index (χ0n) is 14.9. The number of nitrogens with zero attached hydrogens (tertiary/aromatic N) is 2. The molecule has 1 aromatic carbocycles. The van der Waals surface area contributed by atoms with Gasteiger partial charge >= 0.3 is 0 Å². The highest BCUT2D eigenvalue weighted by molar-refractivity contribution is 14.0. The maximum absolute atomic E-state index is 13.6. The number of morpholine rings is 1. The minimum atomic E-state index is -0.453. The van der Waals surface area contributed by atoms with Gasteiger partial charge in [0.1, 0.15) is 11.6 Å². The first-order valence-corrected chi connectivity index (χ1v) is 8.23. The van der Waals surface area contributed by atoms with Gasteiger partial charge in [-0.05, 0) is 32.0 Å². The highest BCUT2D eigenvalue weighted by atomic mass is 127. The molecule has 25 heavy (non-hydrogen) atoms. The van der Waals surface area contributed by atoms with Crippen LogP contribution >= 0.6 is 24.0 Å². The zero-order valence-corrected chi connectivity index (χ0v) is 17.2. The lowest BCUT2D eigenvalue weighted by Crippen LogP contribution is -2.53. The molecule has 8 heteroatoms. The highest BCUT2D eigenvalue weighted by Gasteiger charge is 2.23. The van der Waals surface area contributed by atoms with E-state index in [1.807, 2.05) is 0 Å². The summed E-state index contributed by atoms with van der Waals surface area (Å²) in [7, 11) is 1.65. The highest BCUT2D eigenvalue weighted by Crippen LogP contribution is 2.10. The quantitative estimate of drug-likeness (QED) is 0.396. The van der Waals surface area contributed by atoms with E-state index in [1.165, 1.54) is 6.07 Å². The molecule has 0 aromatic heterocycles. The molecule has 142 valence electrons. The molecule has 2 rings (SSSR count). The molecular formula is C17H27F2IN4O. The van der Waals surface area contributed by atoms with Crippen molar-refractivity contribution in [3.8, 4) is 0 Å². The Morgan fingerprint density at radius 2 is 2.16 bits per heavy atom. The van der Waals surface area contributed by atoms with Crippen LogP contribution in [0.5, 0.6) is 0 Å². The second-order valence-corrected chi connectivity index (χ2v) is 6.05. The van der Waals surface area contributed by atoms with Crippen molar-refractivity contribution < 1.29 is 13.5 Å². The number of rotatable bonds is 5. The van der Waals surface area contributed by atoms with Gasteiger partial charge < -0.3 is 15.4 Å². The molecule has 0 saturated carbocycles. The number of hydrogen-bond acceptors (Lipinski definition) is 3.